The summed E-state index contributed by atoms with van der Waals surface area (Å²) in [6.45, 7) is 6.32. The van der Waals surface area contributed by atoms with Gasteiger partial charge in [-0.3, -0.25) is 14.4 Å². The highest BCUT2D eigenvalue weighted by molar-refractivity contribution is 5.71. The zero-order valence-electron chi connectivity index (χ0n) is 49.9. The van der Waals surface area contributed by atoms with E-state index in [2.05, 4.69) is 154 Å². The first-order valence-electron chi connectivity index (χ1n) is 31.7. The van der Waals surface area contributed by atoms with Crippen LogP contribution in [0, 0.1) is 0 Å². The predicted molar refractivity (Wildman–Crippen MR) is 334 cm³/mol. The molecule has 0 amide bonds. The minimum Gasteiger partial charge on any atom is -0.462 e. The van der Waals surface area contributed by atoms with Crippen molar-refractivity contribution in [3.05, 3.63) is 134 Å². The zero-order valence-corrected chi connectivity index (χ0v) is 49.9. The number of hydrogen-bond acceptors (Lipinski definition) is 6. The van der Waals surface area contributed by atoms with Gasteiger partial charge in [-0.05, 0) is 116 Å². The number of ether oxygens (including phenoxy) is 3. The fraction of sp³-hybridized carbons (Fsp3) is 0.648. The van der Waals surface area contributed by atoms with E-state index < -0.39 is 6.10 Å². The van der Waals surface area contributed by atoms with Crippen LogP contribution in [0.4, 0.5) is 0 Å². The predicted octanol–water partition coefficient (Wildman–Crippen LogP) is 21.8. The summed E-state index contributed by atoms with van der Waals surface area (Å²) < 4.78 is 16.8. The summed E-state index contributed by atoms with van der Waals surface area (Å²) in [5, 5.41) is 0. The second-order valence-corrected chi connectivity index (χ2v) is 20.6. The zero-order chi connectivity index (χ0) is 55.7. The highest BCUT2D eigenvalue weighted by atomic mass is 16.6. The molecule has 0 spiro atoms. The van der Waals surface area contributed by atoms with Gasteiger partial charge in [0.15, 0.2) is 6.10 Å². The summed E-state index contributed by atoms with van der Waals surface area (Å²) in [6, 6.07) is 0. The average molecular weight is 1070 g/mol. The maximum absolute atomic E-state index is 12.8. The van der Waals surface area contributed by atoms with E-state index in [1.165, 1.54) is 96.3 Å². The molecule has 0 aliphatic heterocycles. The molecule has 0 saturated carbocycles. The van der Waals surface area contributed by atoms with E-state index in [1.807, 2.05) is 0 Å². The highest BCUT2D eigenvalue weighted by Crippen LogP contribution is 2.15. The minimum absolute atomic E-state index is 0.0847. The van der Waals surface area contributed by atoms with Gasteiger partial charge >= 0.3 is 17.9 Å². The fourth-order valence-electron chi connectivity index (χ4n) is 8.47. The van der Waals surface area contributed by atoms with Crippen molar-refractivity contribution in [1.82, 2.24) is 0 Å². The first kappa shape index (κ1) is 72.5. The molecule has 0 aromatic rings. The Kier molecular flexibility index (Phi) is 60.4. The van der Waals surface area contributed by atoms with E-state index in [1.54, 1.807) is 0 Å². The number of rotatable bonds is 56. The number of carbonyl (C=O) groups excluding carboxylic acids is 3. The van der Waals surface area contributed by atoms with E-state index in [0.29, 0.717) is 19.3 Å². The Hall–Kier alpha value is -4.45. The van der Waals surface area contributed by atoms with Gasteiger partial charge in [0.05, 0.1) is 0 Å². The molecule has 0 aromatic carbocycles. The third kappa shape index (κ3) is 62.3. The van der Waals surface area contributed by atoms with Crippen LogP contribution < -0.4 is 0 Å². The maximum atomic E-state index is 12.8. The smallest absolute Gasteiger partial charge is 0.306 e. The van der Waals surface area contributed by atoms with E-state index in [4.69, 9.17) is 14.2 Å². The summed E-state index contributed by atoms with van der Waals surface area (Å²) >= 11 is 0. The SMILES string of the molecule is CC/C=C\C/C=C\C/C=C\C/C=C\C/C=C\C/C=C\CCCCCCCCCCCCC(=O)OCC(COC(=O)CCCCCCC)OC(=O)CCCCCCCCCCC/C=C\C/C=C\C/C=C\C/C=C\C/C=C\CC. The number of carbonyl (C=O) groups is 3. The average Bonchev–Trinajstić information content (AvgIpc) is 3.43. The fourth-order valence-corrected chi connectivity index (χ4v) is 8.47. The minimum atomic E-state index is -0.784. The molecular weight excluding hydrogens is 949 g/mol. The van der Waals surface area contributed by atoms with Gasteiger partial charge in [-0.1, -0.05) is 276 Å². The lowest BCUT2D eigenvalue weighted by atomic mass is 10.1. The van der Waals surface area contributed by atoms with Crippen LogP contribution in [-0.2, 0) is 28.6 Å². The van der Waals surface area contributed by atoms with Crippen molar-refractivity contribution < 1.29 is 28.6 Å². The lowest BCUT2D eigenvalue weighted by Gasteiger charge is -2.18. The highest BCUT2D eigenvalue weighted by Gasteiger charge is 2.19. The van der Waals surface area contributed by atoms with Gasteiger partial charge in [-0.15, -0.1) is 0 Å². The number of allylic oxidation sites excluding steroid dienone is 22. The molecule has 0 radical (unpaired) electrons. The maximum Gasteiger partial charge on any atom is 0.306 e. The molecule has 0 N–H and O–H groups in total. The van der Waals surface area contributed by atoms with E-state index in [-0.39, 0.29) is 31.1 Å². The number of esters is 3. The Balaban J connectivity index is 4.09. The number of unbranched alkanes of at least 4 members (excludes halogenated alkanes) is 23. The van der Waals surface area contributed by atoms with Crippen LogP contribution in [0.15, 0.2) is 134 Å². The lowest BCUT2D eigenvalue weighted by molar-refractivity contribution is -0.167. The third-order valence-electron chi connectivity index (χ3n) is 13.2. The standard InChI is InChI=1S/C71H116O6/c1-4-7-10-13-15-17-19-21-23-25-27-29-31-33-34-35-36-38-39-41-43-45-47-49-51-53-55-58-61-64-70(73)76-67-68(66-75-69(72)63-60-57-12-9-6-3)77-71(74)65-62-59-56-54-52-50-48-46-44-42-40-37-32-30-28-26-24-22-20-18-16-14-11-8-5-2/h7-8,10-11,15-18,21-24,27-30,33-34,36-38,40,68H,4-6,9,12-14,19-20,25-26,31-32,35,39,41-67H2,1-3H3/b10-7-,11-8-,17-15-,18-16-,23-21-,24-22-,29-27-,30-28-,34-33-,38-36-,40-37-. The first-order valence-corrected chi connectivity index (χ1v) is 31.7. The Labute approximate surface area is 475 Å². The topological polar surface area (TPSA) is 78.9 Å². The quantitative estimate of drug-likeness (QED) is 0.0261. The van der Waals surface area contributed by atoms with E-state index in [9.17, 15) is 14.4 Å². The number of hydrogen-bond donors (Lipinski definition) is 0. The van der Waals surface area contributed by atoms with Crippen LogP contribution >= 0.6 is 0 Å². The van der Waals surface area contributed by atoms with Crippen LogP contribution in [0.3, 0.4) is 0 Å². The van der Waals surface area contributed by atoms with Crippen LogP contribution in [0.2, 0.25) is 0 Å². The van der Waals surface area contributed by atoms with Crippen molar-refractivity contribution in [2.45, 2.75) is 284 Å². The molecule has 0 heterocycles. The molecule has 6 nitrogen and oxygen atoms in total. The monoisotopic (exact) mass is 1060 g/mol. The second-order valence-electron chi connectivity index (χ2n) is 20.6. The van der Waals surface area contributed by atoms with Gasteiger partial charge in [0, 0.05) is 19.3 Å². The molecule has 1 atom stereocenters. The molecule has 0 aliphatic carbocycles. The molecular formula is C71H116O6. The van der Waals surface area contributed by atoms with Crippen molar-refractivity contribution in [1.29, 1.82) is 0 Å². The summed E-state index contributed by atoms with van der Waals surface area (Å²) in [6.07, 6.45) is 90.7. The lowest BCUT2D eigenvalue weighted by Crippen LogP contribution is -2.30. The van der Waals surface area contributed by atoms with E-state index >= 15 is 0 Å². The van der Waals surface area contributed by atoms with Crippen LogP contribution in [0.25, 0.3) is 0 Å². The Bertz CT molecular complexity index is 1650. The Morgan fingerprint density at radius 3 is 0.792 bits per heavy atom. The Morgan fingerprint density at radius 2 is 0.506 bits per heavy atom. The van der Waals surface area contributed by atoms with E-state index in [0.717, 1.165) is 141 Å². The first-order chi connectivity index (χ1) is 38.0. The summed E-state index contributed by atoms with van der Waals surface area (Å²) in [4.78, 5) is 37.9. The summed E-state index contributed by atoms with van der Waals surface area (Å²) in [7, 11) is 0. The molecule has 6 heteroatoms. The molecule has 0 saturated heterocycles. The van der Waals surface area contributed by atoms with Gasteiger partial charge in [-0.2, -0.15) is 0 Å². The second kappa shape index (κ2) is 64.1. The van der Waals surface area contributed by atoms with Crippen molar-refractivity contribution >= 4 is 17.9 Å². The summed E-state index contributed by atoms with van der Waals surface area (Å²) in [5.74, 6) is -0.909. The van der Waals surface area contributed by atoms with Gasteiger partial charge in [0.1, 0.15) is 13.2 Å². The molecule has 0 aromatic heterocycles. The summed E-state index contributed by atoms with van der Waals surface area (Å²) in [5.41, 5.74) is 0. The molecule has 0 aliphatic rings. The molecule has 77 heavy (non-hydrogen) atoms. The van der Waals surface area contributed by atoms with Crippen LogP contribution in [-0.4, -0.2) is 37.2 Å². The Morgan fingerprint density at radius 1 is 0.273 bits per heavy atom. The van der Waals surface area contributed by atoms with Crippen molar-refractivity contribution in [3.8, 4) is 0 Å². The molecule has 0 fully saturated rings. The molecule has 1 unspecified atom stereocenters. The third-order valence-corrected chi connectivity index (χ3v) is 13.2. The van der Waals surface area contributed by atoms with Crippen molar-refractivity contribution in [2.75, 3.05) is 13.2 Å². The van der Waals surface area contributed by atoms with Crippen molar-refractivity contribution in [3.63, 3.8) is 0 Å². The van der Waals surface area contributed by atoms with Crippen molar-refractivity contribution in [2.24, 2.45) is 0 Å². The molecule has 0 rings (SSSR count). The van der Waals surface area contributed by atoms with Gasteiger partial charge < -0.3 is 14.2 Å². The molecule has 436 valence electrons. The van der Waals surface area contributed by atoms with Gasteiger partial charge in [-0.25, -0.2) is 0 Å². The van der Waals surface area contributed by atoms with Crippen LogP contribution in [0.5, 0.6) is 0 Å². The molecule has 0 bridgehead atoms. The van der Waals surface area contributed by atoms with Gasteiger partial charge in [0.25, 0.3) is 0 Å². The normalized spacial score (nSPS) is 13.0. The van der Waals surface area contributed by atoms with Crippen LogP contribution in [0.1, 0.15) is 278 Å². The van der Waals surface area contributed by atoms with Gasteiger partial charge in [0.2, 0.25) is 0 Å². The largest absolute Gasteiger partial charge is 0.462 e.